The van der Waals surface area contributed by atoms with Gasteiger partial charge in [0.15, 0.2) is 9.84 Å². The molecule has 0 unspecified atom stereocenters. The quantitative estimate of drug-likeness (QED) is 0.555. The van der Waals surface area contributed by atoms with Crippen molar-refractivity contribution >= 4 is 19.7 Å². The van der Waals surface area contributed by atoms with Crippen molar-refractivity contribution in [3.05, 3.63) is 89.0 Å². The van der Waals surface area contributed by atoms with Gasteiger partial charge in [-0.1, -0.05) is 42.5 Å². The van der Waals surface area contributed by atoms with Gasteiger partial charge in [-0.3, -0.25) is 0 Å². The predicted octanol–water partition coefficient (Wildman–Crippen LogP) is 3.94. The van der Waals surface area contributed by atoms with Gasteiger partial charge >= 0.3 is 0 Å². The molecule has 0 saturated carbocycles. The molecule has 4 nitrogen and oxygen atoms in total. The van der Waals surface area contributed by atoms with Crippen molar-refractivity contribution in [2.45, 2.75) is 23.6 Å². The molecule has 2 aromatic carbocycles. The number of hydrogen-bond acceptors (Lipinski definition) is 4. The van der Waals surface area contributed by atoms with Crippen LogP contribution in [0.15, 0.2) is 98.8 Å². The first-order valence-corrected chi connectivity index (χ1v) is 11.1. The van der Waals surface area contributed by atoms with Crippen LogP contribution >= 0.6 is 0 Å². The lowest BCUT2D eigenvalue weighted by Gasteiger charge is -2.12. The minimum atomic E-state index is -3.89. The summed E-state index contributed by atoms with van der Waals surface area (Å²) >= 11 is 0. The van der Waals surface area contributed by atoms with Gasteiger partial charge in [0.1, 0.15) is 4.91 Å². The van der Waals surface area contributed by atoms with E-state index < -0.39 is 25.4 Å². The Kier molecular flexibility index (Phi) is 6.37. The first-order chi connectivity index (χ1) is 12.3. The van der Waals surface area contributed by atoms with E-state index >= 15 is 0 Å². The second-order valence-electron chi connectivity index (χ2n) is 5.46. The minimum absolute atomic E-state index is 0.0980. The fourth-order valence-electron chi connectivity index (χ4n) is 2.39. The van der Waals surface area contributed by atoms with Crippen molar-refractivity contribution in [1.82, 2.24) is 0 Å². The summed E-state index contributed by atoms with van der Waals surface area (Å²) in [5.41, 5.74) is 2.91. The summed E-state index contributed by atoms with van der Waals surface area (Å²) in [6, 6.07) is 15.9. The average molecular weight is 389 g/mol. The molecule has 0 N–H and O–H groups in total. The van der Waals surface area contributed by atoms with Crippen LogP contribution in [0.4, 0.5) is 0 Å². The van der Waals surface area contributed by atoms with Crippen molar-refractivity contribution in [2.75, 3.05) is 5.75 Å². The van der Waals surface area contributed by atoms with Crippen LogP contribution in [0, 0.1) is 0 Å². The fraction of sp³-hybridized carbons (Fsp3) is 0.150. The van der Waals surface area contributed by atoms with Crippen LogP contribution in [0.25, 0.3) is 0 Å². The molecule has 2 rings (SSSR count). The molecule has 0 bridgehead atoms. The molecule has 0 radical (unpaired) electrons. The summed E-state index contributed by atoms with van der Waals surface area (Å²) in [6.45, 7) is 3.26. The van der Waals surface area contributed by atoms with E-state index in [-0.39, 0.29) is 20.3 Å². The molecular formula is C20H20O4S2. The number of rotatable bonds is 6. The van der Waals surface area contributed by atoms with E-state index in [4.69, 9.17) is 0 Å². The third-order valence-electron chi connectivity index (χ3n) is 3.69. The molecule has 0 aliphatic rings. The van der Waals surface area contributed by atoms with E-state index in [1.54, 1.807) is 50.2 Å². The van der Waals surface area contributed by atoms with Gasteiger partial charge in [-0.15, -0.1) is 5.73 Å². The monoisotopic (exact) mass is 388 g/mol. The SMILES string of the molecule is CC=C=C(/C(=C\C)CS(=O)(=O)c1ccccc1)S(=O)(=O)c1ccccc1. The van der Waals surface area contributed by atoms with E-state index in [1.807, 2.05) is 0 Å². The Labute approximate surface area is 155 Å². The maximum Gasteiger partial charge on any atom is 0.214 e. The van der Waals surface area contributed by atoms with Crippen molar-refractivity contribution in [3.63, 3.8) is 0 Å². The maximum absolute atomic E-state index is 13.0. The van der Waals surface area contributed by atoms with Gasteiger partial charge < -0.3 is 0 Å². The lowest BCUT2D eigenvalue weighted by Crippen LogP contribution is -2.15. The topological polar surface area (TPSA) is 68.3 Å². The van der Waals surface area contributed by atoms with E-state index in [0.29, 0.717) is 0 Å². The Hall–Kier alpha value is -2.40. The Balaban J connectivity index is 2.52. The molecule has 0 saturated heterocycles. The molecule has 0 spiro atoms. The number of sulfone groups is 2. The van der Waals surface area contributed by atoms with Crippen LogP contribution in [0.3, 0.4) is 0 Å². The molecule has 0 fully saturated rings. The number of allylic oxidation sites excluding steroid dienone is 2. The smallest absolute Gasteiger partial charge is 0.214 e. The largest absolute Gasteiger partial charge is 0.223 e. The number of benzene rings is 2. The molecule has 0 amide bonds. The lowest BCUT2D eigenvalue weighted by molar-refractivity contribution is 0.598. The van der Waals surface area contributed by atoms with Crippen LogP contribution in [-0.2, 0) is 19.7 Å². The third kappa shape index (κ3) is 4.41. The second-order valence-corrected chi connectivity index (χ2v) is 9.34. The standard InChI is InChI=1S/C20H20O4S2/c1-3-11-20(26(23,24)19-14-9-6-10-15-19)17(4-2)16-25(21,22)18-12-7-5-8-13-18/h3-10,12-15H,16H2,1-2H3/b17-4-. The van der Waals surface area contributed by atoms with Crippen LogP contribution < -0.4 is 0 Å². The lowest BCUT2D eigenvalue weighted by atomic mass is 10.3. The maximum atomic E-state index is 13.0. The van der Waals surface area contributed by atoms with Crippen LogP contribution in [0.1, 0.15) is 13.8 Å². The number of hydrogen-bond donors (Lipinski definition) is 0. The molecular weight excluding hydrogens is 368 g/mol. The average Bonchev–Trinajstić information content (AvgIpc) is 2.66. The molecule has 0 atom stereocenters. The van der Waals surface area contributed by atoms with E-state index in [0.717, 1.165) is 0 Å². The summed E-state index contributed by atoms with van der Waals surface area (Å²) in [5.74, 6) is -0.421. The van der Waals surface area contributed by atoms with Gasteiger partial charge in [0.25, 0.3) is 0 Å². The normalized spacial score (nSPS) is 12.3. The van der Waals surface area contributed by atoms with E-state index in [1.165, 1.54) is 36.4 Å². The van der Waals surface area contributed by atoms with Crippen molar-refractivity contribution in [2.24, 2.45) is 0 Å². The molecule has 26 heavy (non-hydrogen) atoms. The Morgan fingerprint density at radius 3 is 1.81 bits per heavy atom. The highest BCUT2D eigenvalue weighted by atomic mass is 32.2. The van der Waals surface area contributed by atoms with Gasteiger partial charge in [-0.25, -0.2) is 16.8 Å². The van der Waals surface area contributed by atoms with Crippen LogP contribution in [-0.4, -0.2) is 22.6 Å². The molecule has 0 heterocycles. The second kappa shape index (κ2) is 8.32. The third-order valence-corrected chi connectivity index (χ3v) is 7.18. The van der Waals surface area contributed by atoms with Gasteiger partial charge in [0, 0.05) is 0 Å². The summed E-state index contributed by atoms with van der Waals surface area (Å²) in [6.07, 6.45) is 2.97. The van der Waals surface area contributed by atoms with Gasteiger partial charge in [0.05, 0.1) is 15.5 Å². The zero-order chi connectivity index (χ0) is 19.2. The zero-order valence-electron chi connectivity index (χ0n) is 14.6. The summed E-state index contributed by atoms with van der Waals surface area (Å²) in [7, 11) is -7.57. The van der Waals surface area contributed by atoms with Crippen molar-refractivity contribution in [3.8, 4) is 0 Å². The summed E-state index contributed by atoms with van der Waals surface area (Å²) < 4.78 is 51.4. The highest BCUT2D eigenvalue weighted by molar-refractivity contribution is 7.96. The molecule has 2 aromatic rings. The summed E-state index contributed by atoms with van der Waals surface area (Å²) in [4.78, 5) is 0.116. The van der Waals surface area contributed by atoms with E-state index in [2.05, 4.69) is 5.73 Å². The van der Waals surface area contributed by atoms with Gasteiger partial charge in [-0.05, 0) is 49.8 Å². The Morgan fingerprint density at radius 1 is 0.846 bits per heavy atom. The van der Waals surface area contributed by atoms with Crippen molar-refractivity contribution in [1.29, 1.82) is 0 Å². The first kappa shape index (κ1) is 19.9. The molecule has 0 aliphatic heterocycles. The zero-order valence-corrected chi connectivity index (χ0v) is 16.2. The van der Waals surface area contributed by atoms with Gasteiger partial charge in [0.2, 0.25) is 9.84 Å². The predicted molar refractivity (Wildman–Crippen MR) is 103 cm³/mol. The molecule has 0 aliphatic carbocycles. The minimum Gasteiger partial charge on any atom is -0.223 e. The van der Waals surface area contributed by atoms with Crippen LogP contribution in [0.5, 0.6) is 0 Å². The van der Waals surface area contributed by atoms with E-state index in [9.17, 15) is 16.8 Å². The highest BCUT2D eigenvalue weighted by Crippen LogP contribution is 2.27. The first-order valence-electron chi connectivity index (χ1n) is 7.97. The Bertz CT molecular complexity index is 1060. The molecule has 136 valence electrons. The van der Waals surface area contributed by atoms with Gasteiger partial charge in [-0.2, -0.15) is 0 Å². The fourth-order valence-corrected chi connectivity index (χ4v) is 5.50. The Morgan fingerprint density at radius 2 is 1.35 bits per heavy atom. The van der Waals surface area contributed by atoms with Crippen molar-refractivity contribution < 1.29 is 16.8 Å². The highest BCUT2D eigenvalue weighted by Gasteiger charge is 2.27. The van der Waals surface area contributed by atoms with Crippen LogP contribution in [0.2, 0.25) is 0 Å². The molecule has 0 aromatic heterocycles. The molecule has 6 heteroatoms. The summed E-state index contributed by atoms with van der Waals surface area (Å²) in [5, 5.41) is 0.